The number of aryl methyl sites for hydroxylation is 1. The Morgan fingerprint density at radius 3 is 2.58 bits per heavy atom. The van der Waals surface area contributed by atoms with E-state index in [1.165, 1.54) is 30.8 Å². The fourth-order valence-corrected chi connectivity index (χ4v) is 2.91. The van der Waals surface area contributed by atoms with Gasteiger partial charge in [0.1, 0.15) is 11.3 Å². The summed E-state index contributed by atoms with van der Waals surface area (Å²) in [6.07, 6.45) is 0. The van der Waals surface area contributed by atoms with E-state index >= 15 is 0 Å². The van der Waals surface area contributed by atoms with Crippen molar-refractivity contribution in [1.82, 2.24) is 19.4 Å². The first-order chi connectivity index (χ1) is 12.3. The summed E-state index contributed by atoms with van der Waals surface area (Å²) < 4.78 is 2.25. The lowest BCUT2D eigenvalue weighted by molar-refractivity contribution is 0.0935. The van der Waals surface area contributed by atoms with E-state index in [1.807, 2.05) is 13.0 Å². The van der Waals surface area contributed by atoms with Crippen LogP contribution in [-0.2, 0) is 14.1 Å². The van der Waals surface area contributed by atoms with Gasteiger partial charge < -0.3 is 5.32 Å². The molecule has 3 rings (SSSR count). The number of halogens is 1. The van der Waals surface area contributed by atoms with Crippen LogP contribution in [0.25, 0.3) is 11.0 Å². The minimum absolute atomic E-state index is 0.120. The molecule has 0 aliphatic carbocycles. The molecule has 1 atom stereocenters. The molecule has 0 radical (unpaired) electrons. The van der Waals surface area contributed by atoms with Crippen molar-refractivity contribution < 1.29 is 4.79 Å². The predicted octanol–water partition coefficient (Wildman–Crippen LogP) is 1.78. The molecule has 0 saturated heterocycles. The molecule has 0 spiro atoms. The topological polar surface area (TPSA) is 86.0 Å². The number of pyridine rings is 1. The standard InChI is InChI=1S/C18H17ClN4O3/c1-10(11-5-4-6-12(19)9-11)20-16(24)14-8-7-13-15(21-14)22(2)18(26)23(3)17(13)25/h4-10H,1-3H3,(H,20,24). The monoisotopic (exact) mass is 372 g/mol. The number of hydrogen-bond acceptors (Lipinski definition) is 4. The molecule has 1 unspecified atom stereocenters. The number of rotatable bonds is 3. The summed E-state index contributed by atoms with van der Waals surface area (Å²) in [6, 6.07) is 9.88. The first-order valence-electron chi connectivity index (χ1n) is 7.92. The lowest BCUT2D eigenvalue weighted by Crippen LogP contribution is -2.37. The number of nitrogens with zero attached hydrogens (tertiary/aromatic N) is 3. The fraction of sp³-hybridized carbons (Fsp3) is 0.222. The third kappa shape index (κ3) is 3.13. The van der Waals surface area contributed by atoms with Gasteiger partial charge in [-0.05, 0) is 36.8 Å². The van der Waals surface area contributed by atoms with E-state index < -0.39 is 17.2 Å². The highest BCUT2D eigenvalue weighted by Gasteiger charge is 2.16. The largest absolute Gasteiger partial charge is 0.344 e. The van der Waals surface area contributed by atoms with Gasteiger partial charge in [0.2, 0.25) is 0 Å². The average Bonchev–Trinajstić information content (AvgIpc) is 2.64. The van der Waals surface area contributed by atoms with Crippen LogP contribution in [0.5, 0.6) is 0 Å². The molecular weight excluding hydrogens is 356 g/mol. The molecule has 1 amide bonds. The van der Waals surface area contributed by atoms with Gasteiger partial charge in [0.05, 0.1) is 11.4 Å². The zero-order chi connectivity index (χ0) is 19.0. The molecule has 0 fully saturated rings. The van der Waals surface area contributed by atoms with Gasteiger partial charge in [-0.2, -0.15) is 0 Å². The molecule has 8 heteroatoms. The van der Waals surface area contributed by atoms with E-state index in [2.05, 4.69) is 10.3 Å². The van der Waals surface area contributed by atoms with E-state index in [-0.39, 0.29) is 22.8 Å². The first-order valence-corrected chi connectivity index (χ1v) is 8.30. The van der Waals surface area contributed by atoms with Gasteiger partial charge in [-0.1, -0.05) is 23.7 Å². The molecule has 26 heavy (non-hydrogen) atoms. The van der Waals surface area contributed by atoms with Crippen LogP contribution in [0.1, 0.15) is 29.0 Å². The molecule has 3 aromatic rings. The van der Waals surface area contributed by atoms with E-state index in [0.717, 1.165) is 10.1 Å². The second kappa shape index (κ2) is 6.76. The second-order valence-corrected chi connectivity index (χ2v) is 6.46. The van der Waals surface area contributed by atoms with Gasteiger partial charge in [0, 0.05) is 19.1 Å². The summed E-state index contributed by atoms with van der Waals surface area (Å²) in [5.74, 6) is -0.410. The number of hydrogen-bond donors (Lipinski definition) is 1. The normalized spacial score (nSPS) is 12.2. The summed E-state index contributed by atoms with van der Waals surface area (Å²) in [5.41, 5.74) is 0.193. The summed E-state index contributed by atoms with van der Waals surface area (Å²) in [5, 5.41) is 3.69. The number of benzene rings is 1. The second-order valence-electron chi connectivity index (χ2n) is 6.02. The SMILES string of the molecule is CC(NC(=O)c1ccc2c(=O)n(C)c(=O)n(C)c2n1)c1cccc(Cl)c1. The molecule has 0 aliphatic heterocycles. The number of carbonyl (C=O) groups is 1. The van der Waals surface area contributed by atoms with Gasteiger partial charge in [-0.3, -0.25) is 18.7 Å². The number of nitrogens with one attached hydrogen (secondary N) is 1. The number of aromatic nitrogens is 3. The molecular formula is C18H17ClN4O3. The summed E-state index contributed by atoms with van der Waals surface area (Å²) in [7, 11) is 2.91. The lowest BCUT2D eigenvalue weighted by Gasteiger charge is -2.15. The lowest BCUT2D eigenvalue weighted by atomic mass is 10.1. The van der Waals surface area contributed by atoms with Crippen LogP contribution in [0, 0.1) is 0 Å². The van der Waals surface area contributed by atoms with Crippen molar-refractivity contribution in [3.8, 4) is 0 Å². The molecule has 2 heterocycles. The summed E-state index contributed by atoms with van der Waals surface area (Å²) >= 11 is 5.98. The third-order valence-electron chi connectivity index (χ3n) is 4.23. The summed E-state index contributed by atoms with van der Waals surface area (Å²) in [4.78, 5) is 41.0. The van der Waals surface area contributed by atoms with Crippen molar-refractivity contribution in [1.29, 1.82) is 0 Å². The molecule has 0 bridgehead atoms. The number of carbonyl (C=O) groups excluding carboxylic acids is 1. The van der Waals surface area contributed by atoms with Crippen LogP contribution >= 0.6 is 11.6 Å². The Morgan fingerprint density at radius 1 is 1.15 bits per heavy atom. The minimum Gasteiger partial charge on any atom is -0.344 e. The van der Waals surface area contributed by atoms with Crippen LogP contribution in [0.4, 0.5) is 0 Å². The van der Waals surface area contributed by atoms with Crippen LogP contribution in [-0.4, -0.2) is 20.0 Å². The Bertz CT molecular complexity index is 1130. The molecule has 1 aromatic carbocycles. The van der Waals surface area contributed by atoms with Crippen LogP contribution in [0.15, 0.2) is 46.0 Å². The third-order valence-corrected chi connectivity index (χ3v) is 4.47. The first kappa shape index (κ1) is 17.9. The predicted molar refractivity (Wildman–Crippen MR) is 99.6 cm³/mol. The van der Waals surface area contributed by atoms with Crippen LogP contribution in [0.3, 0.4) is 0 Å². The van der Waals surface area contributed by atoms with Gasteiger partial charge in [0.15, 0.2) is 0 Å². The molecule has 0 aliphatic rings. The maximum Gasteiger partial charge on any atom is 0.332 e. The van der Waals surface area contributed by atoms with E-state index in [4.69, 9.17) is 11.6 Å². The highest BCUT2D eigenvalue weighted by atomic mass is 35.5. The van der Waals surface area contributed by atoms with Crippen molar-refractivity contribution in [2.24, 2.45) is 14.1 Å². The Morgan fingerprint density at radius 2 is 1.88 bits per heavy atom. The van der Waals surface area contributed by atoms with Crippen molar-refractivity contribution in [3.63, 3.8) is 0 Å². The average molecular weight is 373 g/mol. The Balaban J connectivity index is 1.96. The highest BCUT2D eigenvalue weighted by Crippen LogP contribution is 2.18. The van der Waals surface area contributed by atoms with Gasteiger partial charge in [-0.25, -0.2) is 9.78 Å². The number of amides is 1. The van der Waals surface area contributed by atoms with Gasteiger partial charge in [0.25, 0.3) is 11.5 Å². The smallest absolute Gasteiger partial charge is 0.332 e. The van der Waals surface area contributed by atoms with Crippen molar-refractivity contribution in [2.75, 3.05) is 0 Å². The maximum absolute atomic E-state index is 12.5. The van der Waals surface area contributed by atoms with E-state index in [0.29, 0.717) is 5.02 Å². The Kier molecular flexibility index (Phi) is 4.65. The fourth-order valence-electron chi connectivity index (χ4n) is 2.71. The van der Waals surface area contributed by atoms with Crippen LogP contribution in [0.2, 0.25) is 5.02 Å². The molecule has 1 N–H and O–H groups in total. The van der Waals surface area contributed by atoms with Gasteiger partial charge >= 0.3 is 5.69 Å². The van der Waals surface area contributed by atoms with Crippen molar-refractivity contribution in [2.45, 2.75) is 13.0 Å². The maximum atomic E-state index is 12.5. The minimum atomic E-state index is -0.500. The Labute approximate surface area is 153 Å². The zero-order valence-corrected chi connectivity index (χ0v) is 15.2. The van der Waals surface area contributed by atoms with Crippen molar-refractivity contribution >= 4 is 28.5 Å². The molecule has 0 saturated carbocycles. The quantitative estimate of drug-likeness (QED) is 0.759. The van der Waals surface area contributed by atoms with E-state index in [1.54, 1.807) is 18.2 Å². The van der Waals surface area contributed by atoms with Crippen molar-refractivity contribution in [3.05, 3.63) is 73.5 Å². The summed E-state index contributed by atoms with van der Waals surface area (Å²) in [6.45, 7) is 1.83. The Hall–Kier alpha value is -2.93. The number of fused-ring (bicyclic) bond motifs is 1. The van der Waals surface area contributed by atoms with Gasteiger partial charge in [-0.15, -0.1) is 0 Å². The highest BCUT2D eigenvalue weighted by molar-refractivity contribution is 6.30. The molecule has 134 valence electrons. The zero-order valence-electron chi connectivity index (χ0n) is 14.5. The molecule has 2 aromatic heterocycles. The van der Waals surface area contributed by atoms with E-state index in [9.17, 15) is 14.4 Å². The van der Waals surface area contributed by atoms with Crippen LogP contribution < -0.4 is 16.6 Å². The molecule has 7 nitrogen and oxygen atoms in total.